The summed E-state index contributed by atoms with van der Waals surface area (Å²) in [4.78, 5) is 15.5. The van der Waals surface area contributed by atoms with Crippen LogP contribution in [0.2, 0.25) is 0 Å². The first-order valence-corrected chi connectivity index (χ1v) is 7.14. The Morgan fingerprint density at radius 1 is 1.09 bits per heavy atom. The summed E-state index contributed by atoms with van der Waals surface area (Å²) in [5.41, 5.74) is 3.50. The molecule has 0 saturated carbocycles. The number of carbonyl (C=O) groups excluding carboxylic acids is 1. The van der Waals surface area contributed by atoms with Gasteiger partial charge < -0.3 is 19.6 Å². The van der Waals surface area contributed by atoms with Crippen LogP contribution in [0.4, 0.5) is 0 Å². The molecule has 2 aromatic carbocycles. The van der Waals surface area contributed by atoms with Crippen LogP contribution in [-0.4, -0.2) is 30.3 Å². The Labute approximate surface area is 133 Å². The number of methoxy groups -OCH3 is 2. The minimum absolute atomic E-state index is 0.0279. The maximum absolute atomic E-state index is 12.2. The van der Waals surface area contributed by atoms with Crippen molar-refractivity contribution in [3.8, 4) is 22.6 Å². The number of fused-ring (bicyclic) bond motifs is 1. The molecule has 1 aromatic heterocycles. The lowest BCUT2D eigenvalue weighted by Gasteiger charge is -2.14. The number of esters is 1. The van der Waals surface area contributed by atoms with Crippen molar-refractivity contribution in [1.82, 2.24) is 4.98 Å². The third kappa shape index (κ3) is 2.30. The number of carbonyl (C=O) groups is 1. The van der Waals surface area contributed by atoms with E-state index in [1.807, 2.05) is 31.2 Å². The van der Waals surface area contributed by atoms with Crippen molar-refractivity contribution in [2.24, 2.45) is 0 Å². The SMILES string of the molecule is COC(=O)c1ccc(O)c(OC)c1-c1c(C)[nH]c2ccccc12. The van der Waals surface area contributed by atoms with E-state index < -0.39 is 5.97 Å². The minimum atomic E-state index is -0.483. The number of aromatic amines is 1. The van der Waals surface area contributed by atoms with Crippen LogP contribution >= 0.6 is 0 Å². The highest BCUT2D eigenvalue weighted by atomic mass is 16.5. The lowest BCUT2D eigenvalue weighted by molar-refractivity contribution is 0.0601. The summed E-state index contributed by atoms with van der Waals surface area (Å²) in [6.45, 7) is 1.92. The van der Waals surface area contributed by atoms with E-state index in [1.54, 1.807) is 6.07 Å². The monoisotopic (exact) mass is 311 g/mol. The van der Waals surface area contributed by atoms with Crippen molar-refractivity contribution in [2.75, 3.05) is 14.2 Å². The molecule has 0 aliphatic rings. The number of aromatic nitrogens is 1. The number of phenolic OH excluding ortho intramolecular Hbond substituents is 1. The molecule has 0 bridgehead atoms. The zero-order valence-electron chi connectivity index (χ0n) is 13.1. The zero-order valence-corrected chi connectivity index (χ0v) is 13.1. The largest absolute Gasteiger partial charge is 0.504 e. The van der Waals surface area contributed by atoms with Crippen LogP contribution in [0.3, 0.4) is 0 Å². The number of aryl methyl sites for hydroxylation is 1. The molecule has 118 valence electrons. The highest BCUT2D eigenvalue weighted by Gasteiger charge is 2.24. The zero-order chi connectivity index (χ0) is 16.6. The number of ether oxygens (including phenoxy) is 2. The lowest BCUT2D eigenvalue weighted by Crippen LogP contribution is -2.05. The van der Waals surface area contributed by atoms with Gasteiger partial charge in [-0.2, -0.15) is 0 Å². The maximum Gasteiger partial charge on any atom is 0.338 e. The van der Waals surface area contributed by atoms with E-state index in [-0.39, 0.29) is 11.5 Å². The number of hydrogen-bond donors (Lipinski definition) is 2. The van der Waals surface area contributed by atoms with Crippen LogP contribution in [0.5, 0.6) is 11.5 Å². The fraction of sp³-hybridized carbons (Fsp3) is 0.167. The van der Waals surface area contributed by atoms with Gasteiger partial charge in [-0.05, 0) is 25.1 Å². The average molecular weight is 311 g/mol. The Hall–Kier alpha value is -2.95. The molecular formula is C18H17NO4. The normalized spacial score (nSPS) is 10.7. The van der Waals surface area contributed by atoms with Gasteiger partial charge >= 0.3 is 5.97 Å². The molecule has 0 fully saturated rings. The van der Waals surface area contributed by atoms with Crippen molar-refractivity contribution in [3.63, 3.8) is 0 Å². The standard InChI is InChI=1S/C18H17NO4/c1-10-15(11-6-4-5-7-13(11)19-10)16-12(18(21)23-3)8-9-14(20)17(16)22-2/h4-9,19-20H,1-3H3. The van der Waals surface area contributed by atoms with Crippen molar-refractivity contribution < 1.29 is 19.4 Å². The fourth-order valence-electron chi connectivity index (χ4n) is 2.91. The van der Waals surface area contributed by atoms with E-state index in [4.69, 9.17) is 9.47 Å². The molecule has 5 heteroatoms. The highest BCUT2D eigenvalue weighted by molar-refractivity contribution is 6.07. The van der Waals surface area contributed by atoms with Gasteiger partial charge in [0.25, 0.3) is 0 Å². The minimum Gasteiger partial charge on any atom is -0.504 e. The predicted molar refractivity (Wildman–Crippen MR) is 88.0 cm³/mol. The van der Waals surface area contributed by atoms with Gasteiger partial charge in [-0.3, -0.25) is 0 Å². The first-order valence-electron chi connectivity index (χ1n) is 7.14. The van der Waals surface area contributed by atoms with Crippen molar-refractivity contribution in [3.05, 3.63) is 47.7 Å². The second kappa shape index (κ2) is 5.68. The molecule has 0 spiro atoms. The Balaban J connectivity index is 2.44. The summed E-state index contributed by atoms with van der Waals surface area (Å²) in [5.74, 6) is -0.261. The Morgan fingerprint density at radius 2 is 1.83 bits per heavy atom. The smallest absolute Gasteiger partial charge is 0.338 e. The molecule has 0 amide bonds. The van der Waals surface area contributed by atoms with E-state index in [0.717, 1.165) is 22.2 Å². The molecule has 3 aromatic rings. The Kier molecular flexibility index (Phi) is 3.70. The van der Waals surface area contributed by atoms with Gasteiger partial charge in [-0.1, -0.05) is 18.2 Å². The summed E-state index contributed by atoms with van der Waals surface area (Å²) >= 11 is 0. The molecule has 0 atom stereocenters. The molecule has 0 saturated heterocycles. The van der Waals surface area contributed by atoms with E-state index in [1.165, 1.54) is 20.3 Å². The topological polar surface area (TPSA) is 71.6 Å². The average Bonchev–Trinajstić information content (AvgIpc) is 2.89. The van der Waals surface area contributed by atoms with Crippen molar-refractivity contribution in [2.45, 2.75) is 6.92 Å². The number of aromatic hydroxyl groups is 1. The van der Waals surface area contributed by atoms with Gasteiger partial charge in [0.05, 0.1) is 19.8 Å². The van der Waals surface area contributed by atoms with Gasteiger partial charge in [0.2, 0.25) is 0 Å². The number of benzene rings is 2. The number of H-pyrrole nitrogens is 1. The van der Waals surface area contributed by atoms with Gasteiger partial charge in [0.15, 0.2) is 11.5 Å². The molecule has 3 rings (SSSR count). The van der Waals surface area contributed by atoms with Crippen LogP contribution in [0.25, 0.3) is 22.0 Å². The number of rotatable bonds is 3. The number of nitrogens with one attached hydrogen (secondary N) is 1. The highest BCUT2D eigenvalue weighted by Crippen LogP contribution is 2.44. The fourth-order valence-corrected chi connectivity index (χ4v) is 2.91. The molecule has 5 nitrogen and oxygen atoms in total. The Morgan fingerprint density at radius 3 is 2.52 bits per heavy atom. The number of para-hydroxylation sites is 1. The molecule has 0 aliphatic heterocycles. The molecule has 1 heterocycles. The summed E-state index contributed by atoms with van der Waals surface area (Å²) in [6.07, 6.45) is 0. The van der Waals surface area contributed by atoms with Crippen LogP contribution in [-0.2, 0) is 4.74 Å². The maximum atomic E-state index is 12.2. The first kappa shape index (κ1) is 15.0. The first-order chi connectivity index (χ1) is 11.1. The van der Waals surface area contributed by atoms with Crippen LogP contribution in [0.1, 0.15) is 16.1 Å². The summed E-state index contributed by atoms with van der Waals surface area (Å²) in [7, 11) is 2.79. The third-order valence-corrected chi connectivity index (χ3v) is 3.89. The van der Waals surface area contributed by atoms with E-state index in [9.17, 15) is 9.90 Å². The van der Waals surface area contributed by atoms with Gasteiger partial charge in [0, 0.05) is 27.7 Å². The number of phenols is 1. The molecule has 2 N–H and O–H groups in total. The molecule has 23 heavy (non-hydrogen) atoms. The molecule has 0 aliphatic carbocycles. The second-order valence-corrected chi connectivity index (χ2v) is 5.20. The van der Waals surface area contributed by atoms with Gasteiger partial charge in [-0.25, -0.2) is 4.79 Å². The summed E-state index contributed by atoms with van der Waals surface area (Å²) < 4.78 is 10.2. The second-order valence-electron chi connectivity index (χ2n) is 5.20. The summed E-state index contributed by atoms with van der Waals surface area (Å²) in [6, 6.07) is 10.7. The molecule has 0 radical (unpaired) electrons. The molecule has 0 unspecified atom stereocenters. The summed E-state index contributed by atoms with van der Waals surface area (Å²) in [5, 5.41) is 11.1. The van der Waals surface area contributed by atoms with Crippen LogP contribution in [0, 0.1) is 6.92 Å². The Bertz CT molecular complexity index is 895. The quantitative estimate of drug-likeness (QED) is 0.724. The van der Waals surface area contributed by atoms with Crippen molar-refractivity contribution >= 4 is 16.9 Å². The van der Waals surface area contributed by atoms with Crippen molar-refractivity contribution in [1.29, 1.82) is 0 Å². The third-order valence-electron chi connectivity index (χ3n) is 3.89. The lowest BCUT2D eigenvalue weighted by atomic mass is 9.95. The number of hydrogen-bond acceptors (Lipinski definition) is 4. The van der Waals surface area contributed by atoms with Gasteiger partial charge in [0.1, 0.15) is 0 Å². The van der Waals surface area contributed by atoms with E-state index in [0.29, 0.717) is 11.1 Å². The van der Waals surface area contributed by atoms with E-state index in [2.05, 4.69) is 4.98 Å². The van der Waals surface area contributed by atoms with Gasteiger partial charge in [-0.15, -0.1) is 0 Å². The predicted octanol–water partition coefficient (Wildman–Crippen LogP) is 3.64. The van der Waals surface area contributed by atoms with E-state index >= 15 is 0 Å². The molecular weight excluding hydrogens is 294 g/mol. The van der Waals surface area contributed by atoms with Crippen LogP contribution in [0.15, 0.2) is 36.4 Å². The van der Waals surface area contributed by atoms with Crippen LogP contribution < -0.4 is 4.74 Å².